The van der Waals surface area contributed by atoms with E-state index in [-0.39, 0.29) is 0 Å². The number of hydrogen-bond donors (Lipinski definition) is 1. The van der Waals surface area contributed by atoms with Crippen LogP contribution >= 0.6 is 11.3 Å². The van der Waals surface area contributed by atoms with Gasteiger partial charge < -0.3 is 10.2 Å². The van der Waals surface area contributed by atoms with Crippen molar-refractivity contribution in [1.82, 2.24) is 24.6 Å². The Morgan fingerprint density at radius 3 is 2.81 bits per heavy atom. The van der Waals surface area contributed by atoms with Gasteiger partial charge in [-0.05, 0) is 93.4 Å². The fraction of sp³-hybridized carbons (Fsp3) is 0.367. The van der Waals surface area contributed by atoms with Gasteiger partial charge in [0.1, 0.15) is 17.0 Å². The average Bonchev–Trinajstić information content (AvgIpc) is 3.67. The Balaban J connectivity index is 1.11. The zero-order valence-electron chi connectivity index (χ0n) is 21.1. The van der Waals surface area contributed by atoms with E-state index in [0.717, 1.165) is 46.1 Å². The van der Waals surface area contributed by atoms with Gasteiger partial charge >= 0.3 is 0 Å². The van der Waals surface area contributed by atoms with E-state index in [1.165, 1.54) is 73.1 Å². The van der Waals surface area contributed by atoms with Crippen molar-refractivity contribution in [1.29, 1.82) is 0 Å². The Kier molecular flexibility index (Phi) is 6.11. The van der Waals surface area contributed by atoms with Crippen LogP contribution in [0.5, 0.6) is 0 Å². The summed E-state index contributed by atoms with van der Waals surface area (Å²) in [5, 5.41) is 10.6. The summed E-state index contributed by atoms with van der Waals surface area (Å²) in [5.74, 6) is 1.72. The van der Waals surface area contributed by atoms with Gasteiger partial charge in [0.05, 0.1) is 23.6 Å². The molecule has 0 radical (unpaired) electrons. The van der Waals surface area contributed by atoms with E-state index in [2.05, 4.69) is 72.4 Å². The summed E-state index contributed by atoms with van der Waals surface area (Å²) in [7, 11) is 0. The number of thiophene rings is 1. The average molecular weight is 509 g/mol. The van der Waals surface area contributed by atoms with Gasteiger partial charge in [-0.3, -0.25) is 4.68 Å². The summed E-state index contributed by atoms with van der Waals surface area (Å²) in [6.07, 6.45) is 11.3. The quantitative estimate of drug-likeness (QED) is 0.275. The molecule has 0 bridgehead atoms. The van der Waals surface area contributed by atoms with Crippen LogP contribution < -0.4 is 5.32 Å². The summed E-state index contributed by atoms with van der Waals surface area (Å²) in [4.78, 5) is 14.6. The zero-order chi connectivity index (χ0) is 24.6. The van der Waals surface area contributed by atoms with Crippen LogP contribution in [0.15, 0.2) is 61.1 Å². The van der Waals surface area contributed by atoms with Gasteiger partial charge in [-0.2, -0.15) is 5.10 Å². The third kappa shape index (κ3) is 4.62. The highest BCUT2D eigenvalue weighted by Crippen LogP contribution is 2.41. The summed E-state index contributed by atoms with van der Waals surface area (Å²) in [5.41, 5.74) is 4.89. The van der Waals surface area contributed by atoms with Crippen LogP contribution in [-0.2, 0) is 19.4 Å². The maximum atomic E-state index is 4.69. The Morgan fingerprint density at radius 2 is 1.92 bits per heavy atom. The third-order valence-corrected chi connectivity index (χ3v) is 9.24. The standard InChI is InChI=1S/C30H32N6S/c1-2-6-22(7-3-1)19-36-26-11-9-24(17-23(26)18-33-36)34-29-28-25-10-8-21(12-15-35-13-4-5-14-35)16-27(25)37-30(28)32-20-31-29/h1-3,6-7,9,11,17-18,20-21H,4-5,8,10,12-16,19H2,(H,31,32,34). The summed E-state index contributed by atoms with van der Waals surface area (Å²) in [6, 6.07) is 16.9. The van der Waals surface area contributed by atoms with Gasteiger partial charge in [0.15, 0.2) is 0 Å². The zero-order valence-corrected chi connectivity index (χ0v) is 21.9. The summed E-state index contributed by atoms with van der Waals surface area (Å²) in [6.45, 7) is 4.63. The van der Waals surface area contributed by atoms with Gasteiger partial charge in [-0.1, -0.05) is 30.3 Å². The highest BCUT2D eigenvalue weighted by Gasteiger charge is 2.26. The Hall–Kier alpha value is -3.29. The number of nitrogens with one attached hydrogen (secondary N) is 1. The fourth-order valence-electron chi connectivity index (χ4n) is 6.07. The molecule has 1 N–H and O–H groups in total. The fourth-order valence-corrected chi connectivity index (χ4v) is 7.38. The smallest absolute Gasteiger partial charge is 0.142 e. The van der Waals surface area contributed by atoms with Gasteiger partial charge in [-0.15, -0.1) is 11.3 Å². The Labute approximate surface area is 221 Å². The first-order chi connectivity index (χ1) is 18.3. The van der Waals surface area contributed by atoms with Crippen molar-refractivity contribution < 1.29 is 0 Å². The van der Waals surface area contributed by atoms with E-state index in [4.69, 9.17) is 0 Å². The van der Waals surface area contributed by atoms with Gasteiger partial charge in [0, 0.05) is 16.0 Å². The lowest BCUT2D eigenvalue weighted by Crippen LogP contribution is -2.24. The number of nitrogens with zero attached hydrogens (tertiary/aromatic N) is 5. The van der Waals surface area contributed by atoms with E-state index in [9.17, 15) is 0 Å². The van der Waals surface area contributed by atoms with Gasteiger partial charge in [0.2, 0.25) is 0 Å². The number of aromatic nitrogens is 4. The second-order valence-electron chi connectivity index (χ2n) is 10.5. The number of fused-ring (bicyclic) bond motifs is 4. The molecule has 0 saturated carbocycles. The van der Waals surface area contributed by atoms with Crippen molar-refractivity contribution in [3.63, 3.8) is 0 Å². The summed E-state index contributed by atoms with van der Waals surface area (Å²) >= 11 is 1.88. The lowest BCUT2D eigenvalue weighted by Gasteiger charge is -2.24. The van der Waals surface area contributed by atoms with Crippen molar-refractivity contribution in [2.75, 3.05) is 25.0 Å². The first-order valence-corrected chi connectivity index (χ1v) is 14.4. The number of anilines is 2. The molecule has 0 spiro atoms. The minimum atomic E-state index is 0.768. The molecule has 4 heterocycles. The van der Waals surface area contributed by atoms with Crippen LogP contribution in [0.2, 0.25) is 0 Å². The molecular formula is C30H32N6S. The number of aryl methyl sites for hydroxylation is 1. The minimum absolute atomic E-state index is 0.768. The Morgan fingerprint density at radius 1 is 1.03 bits per heavy atom. The molecule has 6 nitrogen and oxygen atoms in total. The van der Waals surface area contributed by atoms with Crippen LogP contribution in [0.3, 0.4) is 0 Å². The molecule has 1 unspecified atom stereocenters. The van der Waals surface area contributed by atoms with E-state index in [1.807, 2.05) is 23.6 Å². The van der Waals surface area contributed by atoms with Gasteiger partial charge in [0.25, 0.3) is 0 Å². The van der Waals surface area contributed by atoms with Crippen molar-refractivity contribution in [3.8, 4) is 0 Å². The van der Waals surface area contributed by atoms with E-state index < -0.39 is 0 Å². The molecule has 5 aromatic rings. The first-order valence-electron chi connectivity index (χ1n) is 13.5. The monoisotopic (exact) mass is 508 g/mol. The van der Waals surface area contributed by atoms with Crippen molar-refractivity contribution in [2.45, 2.75) is 45.1 Å². The lowest BCUT2D eigenvalue weighted by molar-refractivity contribution is 0.291. The molecule has 7 heteroatoms. The lowest BCUT2D eigenvalue weighted by atomic mass is 9.85. The van der Waals surface area contributed by atoms with Crippen LogP contribution in [0.25, 0.3) is 21.1 Å². The maximum absolute atomic E-state index is 4.69. The molecule has 1 aliphatic carbocycles. The van der Waals surface area contributed by atoms with E-state index in [0.29, 0.717) is 0 Å². The van der Waals surface area contributed by atoms with Crippen molar-refractivity contribution in [3.05, 3.63) is 77.1 Å². The predicted molar refractivity (Wildman–Crippen MR) is 152 cm³/mol. The minimum Gasteiger partial charge on any atom is -0.340 e. The Bertz CT molecular complexity index is 1530. The largest absolute Gasteiger partial charge is 0.340 e. The van der Waals surface area contributed by atoms with Gasteiger partial charge in [-0.25, -0.2) is 9.97 Å². The molecule has 188 valence electrons. The molecule has 2 aliphatic rings. The molecule has 2 aromatic carbocycles. The molecule has 1 saturated heterocycles. The van der Waals surface area contributed by atoms with Crippen LogP contribution in [-0.4, -0.2) is 44.3 Å². The predicted octanol–water partition coefficient (Wildman–Crippen LogP) is 6.42. The highest BCUT2D eigenvalue weighted by molar-refractivity contribution is 7.19. The van der Waals surface area contributed by atoms with E-state index >= 15 is 0 Å². The number of likely N-dealkylation sites (tertiary alicyclic amines) is 1. The van der Waals surface area contributed by atoms with Crippen molar-refractivity contribution >= 4 is 44.0 Å². The molecule has 37 heavy (non-hydrogen) atoms. The molecule has 1 atom stereocenters. The molecular weight excluding hydrogens is 476 g/mol. The molecule has 3 aromatic heterocycles. The van der Waals surface area contributed by atoms with Crippen LogP contribution in [0.4, 0.5) is 11.5 Å². The summed E-state index contributed by atoms with van der Waals surface area (Å²) < 4.78 is 2.06. The van der Waals surface area contributed by atoms with Crippen LogP contribution in [0.1, 0.15) is 41.7 Å². The number of rotatable bonds is 7. The second kappa shape index (κ2) is 9.88. The molecule has 1 aliphatic heterocycles. The third-order valence-electron chi connectivity index (χ3n) is 8.08. The first kappa shape index (κ1) is 22.9. The topological polar surface area (TPSA) is 58.9 Å². The number of hydrogen-bond acceptors (Lipinski definition) is 6. The van der Waals surface area contributed by atoms with E-state index in [1.54, 1.807) is 6.33 Å². The molecule has 1 fully saturated rings. The normalized spacial score (nSPS) is 18.0. The molecule has 0 amide bonds. The SMILES string of the molecule is c1ccc(Cn2ncc3cc(Nc4ncnc5sc6c(c45)CCC(CCN4CCCC4)C6)ccc32)cc1. The molecule has 7 rings (SSSR count). The van der Waals surface area contributed by atoms with Crippen molar-refractivity contribution in [2.24, 2.45) is 5.92 Å². The second-order valence-corrected chi connectivity index (χ2v) is 11.6. The number of benzene rings is 2. The van der Waals surface area contributed by atoms with Crippen LogP contribution in [0, 0.1) is 5.92 Å². The highest BCUT2D eigenvalue weighted by atomic mass is 32.1. The maximum Gasteiger partial charge on any atom is 0.142 e.